The molecule has 0 bridgehead atoms. The first-order valence-electron chi connectivity index (χ1n) is 6.85. The van der Waals surface area contributed by atoms with Gasteiger partial charge in [0.1, 0.15) is 5.75 Å². The van der Waals surface area contributed by atoms with Crippen LogP contribution in [-0.4, -0.2) is 28.5 Å². The molecule has 1 aromatic heterocycles. The number of hydrogen-bond acceptors (Lipinski definition) is 5. The van der Waals surface area contributed by atoms with Gasteiger partial charge in [-0.2, -0.15) is 0 Å². The molecule has 0 aliphatic rings. The second kappa shape index (κ2) is 6.84. The Labute approximate surface area is 134 Å². The van der Waals surface area contributed by atoms with Gasteiger partial charge in [-0.05, 0) is 43.8 Å². The van der Waals surface area contributed by atoms with Crippen molar-refractivity contribution in [2.45, 2.75) is 18.1 Å². The fourth-order valence-electron chi connectivity index (χ4n) is 1.93. The molecule has 1 atom stereocenters. The number of rotatable bonds is 6. The van der Waals surface area contributed by atoms with Crippen LogP contribution in [0.5, 0.6) is 5.75 Å². The van der Waals surface area contributed by atoms with Crippen LogP contribution in [0.4, 0.5) is 0 Å². The molecule has 1 heterocycles. The van der Waals surface area contributed by atoms with Gasteiger partial charge < -0.3 is 14.5 Å². The summed E-state index contributed by atoms with van der Waals surface area (Å²) in [5, 5.41) is 2.44. The maximum Gasteiger partial charge on any atom is 0.287 e. The number of nitrogens with one attached hydrogen (secondary N) is 2. The number of benzene rings is 1. The second-order valence-corrected chi connectivity index (χ2v) is 6.61. The molecule has 1 aromatic carbocycles. The predicted molar refractivity (Wildman–Crippen MR) is 83.8 cm³/mol. The Balaban J connectivity index is 2.09. The molecule has 1 unspecified atom stereocenters. The number of ether oxygens (including phenoxy) is 1. The quantitative estimate of drug-likeness (QED) is 0.835. The number of amides is 1. The summed E-state index contributed by atoms with van der Waals surface area (Å²) in [6.07, 6.45) is 0. The number of carbonyl (C=O) groups is 1. The van der Waals surface area contributed by atoms with Gasteiger partial charge in [-0.25, -0.2) is 13.1 Å². The van der Waals surface area contributed by atoms with Crippen LogP contribution in [0.1, 0.15) is 29.1 Å². The van der Waals surface area contributed by atoms with Crippen molar-refractivity contribution in [1.29, 1.82) is 0 Å². The monoisotopic (exact) mass is 338 g/mol. The topological polar surface area (TPSA) is 97.6 Å². The third-order valence-electron chi connectivity index (χ3n) is 3.30. The third-order valence-corrected chi connectivity index (χ3v) is 4.59. The van der Waals surface area contributed by atoms with Crippen molar-refractivity contribution >= 4 is 15.9 Å². The van der Waals surface area contributed by atoms with Gasteiger partial charge in [-0.3, -0.25) is 4.79 Å². The van der Waals surface area contributed by atoms with Crippen LogP contribution in [0.15, 0.2) is 45.9 Å². The molecule has 2 aromatic rings. The molecule has 124 valence electrons. The average molecular weight is 338 g/mol. The Morgan fingerprint density at radius 3 is 2.39 bits per heavy atom. The van der Waals surface area contributed by atoms with Crippen molar-refractivity contribution < 1.29 is 22.4 Å². The highest BCUT2D eigenvalue weighted by Crippen LogP contribution is 2.19. The third kappa shape index (κ3) is 3.91. The van der Waals surface area contributed by atoms with Gasteiger partial charge in [-0.1, -0.05) is 12.1 Å². The van der Waals surface area contributed by atoms with Crippen molar-refractivity contribution in [3.05, 3.63) is 47.7 Å². The van der Waals surface area contributed by atoms with Crippen LogP contribution in [0.3, 0.4) is 0 Å². The summed E-state index contributed by atoms with van der Waals surface area (Å²) < 4.78 is 35.5. The summed E-state index contributed by atoms with van der Waals surface area (Å²) >= 11 is 0. The van der Waals surface area contributed by atoms with Gasteiger partial charge in [0.2, 0.25) is 5.09 Å². The summed E-state index contributed by atoms with van der Waals surface area (Å²) in [4.78, 5) is 12.1. The van der Waals surface area contributed by atoms with E-state index in [0.717, 1.165) is 11.3 Å². The van der Waals surface area contributed by atoms with Gasteiger partial charge in [0.15, 0.2) is 5.76 Å². The highest BCUT2D eigenvalue weighted by Gasteiger charge is 2.20. The van der Waals surface area contributed by atoms with E-state index in [1.165, 1.54) is 19.2 Å². The Morgan fingerprint density at radius 2 is 1.83 bits per heavy atom. The minimum atomic E-state index is -3.71. The Morgan fingerprint density at radius 1 is 1.17 bits per heavy atom. The van der Waals surface area contributed by atoms with Gasteiger partial charge >= 0.3 is 0 Å². The van der Waals surface area contributed by atoms with E-state index >= 15 is 0 Å². The van der Waals surface area contributed by atoms with Crippen LogP contribution >= 0.6 is 0 Å². The molecule has 0 saturated heterocycles. The molecule has 8 heteroatoms. The summed E-state index contributed by atoms with van der Waals surface area (Å²) in [6, 6.07) is 9.54. The van der Waals surface area contributed by atoms with Crippen molar-refractivity contribution in [1.82, 2.24) is 10.0 Å². The number of methoxy groups -OCH3 is 1. The fourth-order valence-corrected chi connectivity index (χ4v) is 2.58. The Hall–Kier alpha value is -2.32. The predicted octanol–water partition coefficient (Wildman–Crippen LogP) is 1.69. The van der Waals surface area contributed by atoms with Crippen molar-refractivity contribution in [2.24, 2.45) is 0 Å². The normalized spacial score (nSPS) is 12.7. The van der Waals surface area contributed by atoms with E-state index in [4.69, 9.17) is 9.15 Å². The maximum absolute atomic E-state index is 12.1. The molecular formula is C15H18N2O5S. The summed E-state index contributed by atoms with van der Waals surface area (Å²) in [6.45, 7) is 1.81. The number of furan rings is 1. The minimum absolute atomic E-state index is 0.0702. The molecule has 7 nitrogen and oxygen atoms in total. The fraction of sp³-hybridized carbons (Fsp3) is 0.267. The zero-order valence-corrected chi connectivity index (χ0v) is 13.8. The lowest BCUT2D eigenvalue weighted by molar-refractivity contribution is 0.0906. The smallest absolute Gasteiger partial charge is 0.287 e. The molecule has 0 fully saturated rings. The minimum Gasteiger partial charge on any atom is -0.497 e. The standard InChI is InChI=1S/C15H18N2O5S/c1-10(11-4-6-12(21-3)7-5-11)17-15(18)13-8-9-14(22-13)23(19,20)16-2/h4-10,16H,1-3H3,(H,17,18). The van der Waals surface area contributed by atoms with Gasteiger partial charge in [-0.15, -0.1) is 0 Å². The lowest BCUT2D eigenvalue weighted by Gasteiger charge is -2.13. The molecule has 0 aliphatic heterocycles. The Bertz CT molecular complexity index is 780. The van der Waals surface area contributed by atoms with E-state index in [-0.39, 0.29) is 16.9 Å². The molecule has 0 radical (unpaired) electrons. The molecule has 23 heavy (non-hydrogen) atoms. The second-order valence-electron chi connectivity index (χ2n) is 4.79. The number of sulfonamides is 1. The Kier molecular flexibility index (Phi) is 5.07. The highest BCUT2D eigenvalue weighted by molar-refractivity contribution is 7.89. The van der Waals surface area contributed by atoms with Crippen LogP contribution in [-0.2, 0) is 10.0 Å². The molecule has 0 aliphatic carbocycles. The van der Waals surface area contributed by atoms with E-state index in [2.05, 4.69) is 10.0 Å². The average Bonchev–Trinajstić information content (AvgIpc) is 3.06. The number of carbonyl (C=O) groups excluding carboxylic acids is 1. The number of hydrogen-bond donors (Lipinski definition) is 2. The summed E-state index contributed by atoms with van der Waals surface area (Å²) in [5.41, 5.74) is 0.883. The molecule has 1 amide bonds. The zero-order chi connectivity index (χ0) is 17.0. The lowest BCUT2D eigenvalue weighted by Crippen LogP contribution is -2.26. The van der Waals surface area contributed by atoms with Gasteiger partial charge in [0.05, 0.1) is 13.2 Å². The van der Waals surface area contributed by atoms with E-state index < -0.39 is 15.9 Å². The molecule has 0 saturated carbocycles. The maximum atomic E-state index is 12.1. The lowest BCUT2D eigenvalue weighted by atomic mass is 10.1. The van der Waals surface area contributed by atoms with Crippen LogP contribution < -0.4 is 14.8 Å². The van der Waals surface area contributed by atoms with Gasteiger partial charge in [0.25, 0.3) is 15.9 Å². The van der Waals surface area contributed by atoms with Crippen LogP contribution in [0.25, 0.3) is 0 Å². The van der Waals surface area contributed by atoms with Gasteiger partial charge in [0, 0.05) is 0 Å². The molecule has 2 N–H and O–H groups in total. The van der Waals surface area contributed by atoms with Crippen LogP contribution in [0.2, 0.25) is 0 Å². The van der Waals surface area contributed by atoms with E-state index in [1.54, 1.807) is 19.2 Å². The summed E-state index contributed by atoms with van der Waals surface area (Å²) in [5.74, 6) is 0.158. The molecule has 0 spiro atoms. The van der Waals surface area contributed by atoms with Crippen LogP contribution in [0, 0.1) is 0 Å². The van der Waals surface area contributed by atoms with E-state index in [1.807, 2.05) is 19.1 Å². The molecule has 2 rings (SSSR count). The van der Waals surface area contributed by atoms with E-state index in [9.17, 15) is 13.2 Å². The first kappa shape index (κ1) is 17.0. The summed E-state index contributed by atoms with van der Waals surface area (Å²) in [7, 11) is -0.865. The van der Waals surface area contributed by atoms with Crippen molar-refractivity contribution in [3.8, 4) is 5.75 Å². The highest BCUT2D eigenvalue weighted by atomic mass is 32.2. The SMILES string of the molecule is CNS(=O)(=O)c1ccc(C(=O)NC(C)c2ccc(OC)cc2)o1. The first-order valence-corrected chi connectivity index (χ1v) is 8.34. The van der Waals surface area contributed by atoms with Crippen molar-refractivity contribution in [2.75, 3.05) is 14.2 Å². The van der Waals surface area contributed by atoms with E-state index in [0.29, 0.717) is 0 Å². The molecular weight excluding hydrogens is 320 g/mol. The first-order chi connectivity index (χ1) is 10.9. The van der Waals surface area contributed by atoms with Crippen molar-refractivity contribution in [3.63, 3.8) is 0 Å². The largest absolute Gasteiger partial charge is 0.497 e. The zero-order valence-electron chi connectivity index (χ0n) is 13.0.